The average Bonchev–Trinajstić information content (AvgIpc) is 3.49. The average molecular weight is 492 g/mol. The monoisotopic (exact) mass is 491 g/mol. The maximum atomic E-state index is 6.09. The highest BCUT2D eigenvalue weighted by Gasteiger charge is 2.15. The van der Waals surface area contributed by atoms with E-state index in [1.165, 1.54) is 0 Å². The lowest BCUT2D eigenvalue weighted by atomic mass is 10.1. The van der Waals surface area contributed by atoms with Crippen LogP contribution in [0.4, 0.5) is 0 Å². The molecule has 0 aliphatic carbocycles. The Kier molecular flexibility index (Phi) is 7.58. The van der Waals surface area contributed by atoms with Gasteiger partial charge in [-0.1, -0.05) is 13.1 Å². The molecule has 5 rings (SSSR count). The second-order valence-electron chi connectivity index (χ2n) is 8.96. The highest BCUT2D eigenvalue weighted by atomic mass is 28.3. The molecule has 9 heteroatoms. The van der Waals surface area contributed by atoms with Crippen LogP contribution in [0.3, 0.4) is 0 Å². The van der Waals surface area contributed by atoms with Gasteiger partial charge in [-0.25, -0.2) is 9.67 Å². The fourth-order valence-electron chi connectivity index (χ4n) is 3.97. The second-order valence-corrected chi connectivity index (χ2v) is 11.9. The molecular weight excluding hydrogens is 460 g/mol. The van der Waals surface area contributed by atoms with Crippen molar-refractivity contribution in [1.29, 1.82) is 0 Å². The first-order valence-electron chi connectivity index (χ1n) is 12.0. The second kappa shape index (κ2) is 11.2. The number of hydrogen-bond donors (Lipinski definition) is 0. The minimum Gasteiger partial charge on any atom is -0.457 e. The first-order valence-corrected chi connectivity index (χ1v) is 14.7. The van der Waals surface area contributed by atoms with E-state index in [9.17, 15) is 0 Å². The van der Waals surface area contributed by atoms with Crippen LogP contribution in [0, 0.1) is 0 Å². The molecule has 1 radical (unpaired) electrons. The van der Waals surface area contributed by atoms with Crippen LogP contribution < -0.4 is 4.74 Å². The number of morpholine rings is 1. The van der Waals surface area contributed by atoms with Crippen molar-refractivity contribution in [2.45, 2.75) is 32.4 Å². The third kappa shape index (κ3) is 6.18. The highest BCUT2D eigenvalue weighted by molar-refractivity contribution is 6.55. The molecule has 183 valence electrons. The van der Waals surface area contributed by atoms with E-state index in [1.54, 1.807) is 6.20 Å². The molecule has 1 saturated heterocycles. The third-order valence-corrected chi connectivity index (χ3v) is 7.13. The van der Waals surface area contributed by atoms with Crippen LogP contribution in [-0.4, -0.2) is 61.4 Å². The predicted molar refractivity (Wildman–Crippen MR) is 136 cm³/mol. The van der Waals surface area contributed by atoms with Crippen LogP contribution in [0.1, 0.15) is 5.89 Å². The van der Waals surface area contributed by atoms with Crippen LogP contribution in [0.15, 0.2) is 59.1 Å². The molecule has 35 heavy (non-hydrogen) atoms. The van der Waals surface area contributed by atoms with E-state index in [0.717, 1.165) is 73.0 Å². The molecule has 0 atom stereocenters. The molecule has 0 amide bonds. The summed E-state index contributed by atoms with van der Waals surface area (Å²) in [7, 11) is -0.268. The van der Waals surface area contributed by atoms with Crippen molar-refractivity contribution in [1.82, 2.24) is 19.7 Å². The summed E-state index contributed by atoms with van der Waals surface area (Å²) in [5.41, 5.74) is 3.64. The molecular formula is C26H31N4O4Si. The SMILES string of the molecule is C[Si](C)CCOCn1nccc1-c1ccc(Oc2ccc3nc(CN4CCOCC4)oc3c2)cc1. The lowest BCUT2D eigenvalue weighted by molar-refractivity contribution is 0.0308. The van der Waals surface area contributed by atoms with Crippen LogP contribution in [0.5, 0.6) is 11.5 Å². The summed E-state index contributed by atoms with van der Waals surface area (Å²) in [5, 5.41) is 4.41. The van der Waals surface area contributed by atoms with Crippen molar-refractivity contribution in [3.63, 3.8) is 0 Å². The zero-order chi connectivity index (χ0) is 24.0. The molecule has 0 bridgehead atoms. The van der Waals surface area contributed by atoms with E-state index >= 15 is 0 Å². The molecule has 4 aromatic rings. The van der Waals surface area contributed by atoms with E-state index in [2.05, 4.69) is 28.1 Å². The summed E-state index contributed by atoms with van der Waals surface area (Å²) in [6.45, 7) is 9.83. The van der Waals surface area contributed by atoms with Gasteiger partial charge >= 0.3 is 0 Å². The summed E-state index contributed by atoms with van der Waals surface area (Å²) in [5.74, 6) is 2.18. The summed E-state index contributed by atoms with van der Waals surface area (Å²) in [6.07, 6.45) is 1.80. The van der Waals surface area contributed by atoms with E-state index < -0.39 is 0 Å². The third-order valence-electron chi connectivity index (χ3n) is 5.93. The summed E-state index contributed by atoms with van der Waals surface area (Å²) < 4.78 is 25.2. The van der Waals surface area contributed by atoms with Crippen molar-refractivity contribution in [3.8, 4) is 22.8 Å². The molecule has 1 aliphatic heterocycles. The Morgan fingerprint density at radius 1 is 1.00 bits per heavy atom. The van der Waals surface area contributed by atoms with Crippen molar-refractivity contribution in [3.05, 3.63) is 60.6 Å². The van der Waals surface area contributed by atoms with Crippen LogP contribution in [0.2, 0.25) is 19.1 Å². The summed E-state index contributed by atoms with van der Waals surface area (Å²) in [6, 6.07) is 16.9. The number of rotatable bonds is 10. The Balaban J connectivity index is 1.22. The zero-order valence-corrected chi connectivity index (χ0v) is 21.3. The molecule has 1 aliphatic rings. The maximum Gasteiger partial charge on any atom is 0.209 e. The smallest absolute Gasteiger partial charge is 0.209 e. The van der Waals surface area contributed by atoms with Crippen LogP contribution in [0.25, 0.3) is 22.4 Å². The highest BCUT2D eigenvalue weighted by Crippen LogP contribution is 2.28. The minimum atomic E-state index is -0.268. The van der Waals surface area contributed by atoms with E-state index in [0.29, 0.717) is 19.0 Å². The van der Waals surface area contributed by atoms with Gasteiger partial charge in [-0.05, 0) is 48.5 Å². The van der Waals surface area contributed by atoms with Crippen molar-refractivity contribution in [2.24, 2.45) is 0 Å². The van der Waals surface area contributed by atoms with E-state index in [4.69, 9.17) is 18.6 Å². The molecule has 0 spiro atoms. The van der Waals surface area contributed by atoms with Gasteiger partial charge in [-0.3, -0.25) is 4.90 Å². The van der Waals surface area contributed by atoms with Gasteiger partial charge in [0.25, 0.3) is 0 Å². The van der Waals surface area contributed by atoms with Gasteiger partial charge in [0.2, 0.25) is 5.89 Å². The Morgan fingerprint density at radius 3 is 2.60 bits per heavy atom. The van der Waals surface area contributed by atoms with Gasteiger partial charge in [-0.2, -0.15) is 5.10 Å². The minimum absolute atomic E-state index is 0.268. The van der Waals surface area contributed by atoms with E-state index in [1.807, 2.05) is 53.2 Å². The van der Waals surface area contributed by atoms with Gasteiger partial charge in [0, 0.05) is 46.3 Å². The molecule has 0 unspecified atom stereocenters. The first-order chi connectivity index (χ1) is 17.1. The first kappa shape index (κ1) is 23.7. The number of ether oxygens (including phenoxy) is 3. The van der Waals surface area contributed by atoms with Crippen LogP contribution in [-0.2, 0) is 22.7 Å². The number of nitrogens with zero attached hydrogens (tertiary/aromatic N) is 4. The molecule has 0 saturated carbocycles. The van der Waals surface area contributed by atoms with Crippen molar-refractivity contribution < 1.29 is 18.6 Å². The number of aromatic nitrogens is 3. The number of hydrogen-bond acceptors (Lipinski definition) is 7. The normalized spacial score (nSPS) is 14.7. The zero-order valence-electron chi connectivity index (χ0n) is 20.3. The van der Waals surface area contributed by atoms with Gasteiger partial charge in [-0.15, -0.1) is 0 Å². The Labute approximate surface area is 207 Å². The Hall–Kier alpha value is -2.98. The largest absolute Gasteiger partial charge is 0.457 e. The summed E-state index contributed by atoms with van der Waals surface area (Å²) in [4.78, 5) is 6.91. The van der Waals surface area contributed by atoms with Crippen molar-refractivity contribution in [2.75, 3.05) is 32.9 Å². The van der Waals surface area contributed by atoms with Gasteiger partial charge in [0.15, 0.2) is 5.58 Å². The molecule has 2 aromatic heterocycles. The Bertz CT molecular complexity index is 1230. The molecule has 8 nitrogen and oxygen atoms in total. The number of oxazole rings is 1. The van der Waals surface area contributed by atoms with Gasteiger partial charge < -0.3 is 18.6 Å². The quantitative estimate of drug-likeness (QED) is 0.227. The molecule has 3 heterocycles. The number of benzene rings is 2. The van der Waals surface area contributed by atoms with Gasteiger partial charge in [0.05, 0.1) is 25.5 Å². The van der Waals surface area contributed by atoms with Gasteiger partial charge in [0.1, 0.15) is 23.7 Å². The molecule has 1 fully saturated rings. The van der Waals surface area contributed by atoms with E-state index in [-0.39, 0.29) is 8.80 Å². The maximum absolute atomic E-state index is 6.09. The molecule has 2 aromatic carbocycles. The number of fused-ring (bicyclic) bond motifs is 1. The fraction of sp³-hybridized carbons (Fsp3) is 0.385. The van der Waals surface area contributed by atoms with Crippen molar-refractivity contribution >= 4 is 19.9 Å². The summed E-state index contributed by atoms with van der Waals surface area (Å²) >= 11 is 0. The lowest BCUT2D eigenvalue weighted by Gasteiger charge is -2.24. The predicted octanol–water partition coefficient (Wildman–Crippen LogP) is 5.04. The van der Waals surface area contributed by atoms with Crippen LogP contribution >= 0.6 is 0 Å². The lowest BCUT2D eigenvalue weighted by Crippen LogP contribution is -2.35. The standard InChI is InChI=1S/C26H31N4O4Si/c1-35(2)16-15-32-19-30-24(9-10-27-30)20-3-5-21(6-4-20)33-22-7-8-23-25(17-22)34-26(28-23)18-29-11-13-31-14-12-29/h3-10,17H,11-16,18-19H2,1-2H3. The topological polar surface area (TPSA) is 74.8 Å². The molecule has 0 N–H and O–H groups in total. The Morgan fingerprint density at radius 2 is 1.80 bits per heavy atom. The fourth-order valence-corrected chi connectivity index (χ4v) is 4.52.